The molecule has 0 amide bonds. The zero-order chi connectivity index (χ0) is 7.40. The van der Waals surface area contributed by atoms with Crippen LogP contribution in [0.3, 0.4) is 0 Å². The van der Waals surface area contributed by atoms with E-state index in [2.05, 4.69) is 17.3 Å². The number of nitrogens with zero attached hydrogens (tertiary/aromatic N) is 1. The van der Waals surface area contributed by atoms with E-state index in [4.69, 9.17) is 5.84 Å². The Kier molecular flexibility index (Phi) is 2.80. The zero-order valence-corrected chi connectivity index (χ0v) is 6.69. The molecule has 1 atom stereocenters. The largest absolute Gasteiger partial charge is 0.271 e. The van der Waals surface area contributed by atoms with Gasteiger partial charge in [0.1, 0.15) is 0 Å². The molecular weight excluding hydrogens is 146 g/mol. The molecule has 0 aliphatic heterocycles. The van der Waals surface area contributed by atoms with E-state index in [1.54, 1.807) is 11.3 Å². The van der Waals surface area contributed by atoms with Crippen LogP contribution < -0.4 is 11.3 Å². The third-order valence-electron chi connectivity index (χ3n) is 1.40. The van der Waals surface area contributed by atoms with E-state index in [0.717, 1.165) is 6.42 Å². The Hall–Kier alpha value is -0.450. The lowest BCUT2D eigenvalue weighted by Gasteiger charge is -2.08. The first-order valence-corrected chi connectivity index (χ1v) is 4.11. The summed E-state index contributed by atoms with van der Waals surface area (Å²) < 4.78 is 0. The summed E-state index contributed by atoms with van der Waals surface area (Å²) in [6, 6.07) is 0.271. The van der Waals surface area contributed by atoms with Gasteiger partial charge in [-0.15, -0.1) is 11.3 Å². The van der Waals surface area contributed by atoms with Crippen LogP contribution >= 0.6 is 11.3 Å². The molecule has 0 radical (unpaired) electrons. The third-order valence-corrected chi connectivity index (χ3v) is 2.29. The van der Waals surface area contributed by atoms with E-state index < -0.39 is 0 Å². The van der Waals surface area contributed by atoms with Gasteiger partial charge in [-0.2, -0.15) is 0 Å². The zero-order valence-electron chi connectivity index (χ0n) is 5.87. The Morgan fingerprint density at radius 1 is 1.90 bits per heavy atom. The summed E-state index contributed by atoms with van der Waals surface area (Å²) in [5, 5.41) is 0. The molecule has 1 aromatic rings. The molecule has 56 valence electrons. The summed E-state index contributed by atoms with van der Waals surface area (Å²) in [7, 11) is 0. The Bertz CT molecular complexity index is 169. The molecule has 10 heavy (non-hydrogen) atoms. The predicted octanol–water partition coefficient (Wildman–Crippen LogP) is 1.06. The maximum Gasteiger partial charge on any atom is 0.0794 e. The Labute approximate surface area is 64.2 Å². The number of hydrogen-bond acceptors (Lipinski definition) is 4. The molecule has 0 aromatic carbocycles. The maximum atomic E-state index is 5.30. The Morgan fingerprint density at radius 2 is 2.70 bits per heavy atom. The van der Waals surface area contributed by atoms with Gasteiger partial charge in [0.05, 0.1) is 11.6 Å². The van der Waals surface area contributed by atoms with Crippen molar-refractivity contribution in [3.05, 3.63) is 16.6 Å². The molecule has 0 spiro atoms. The Balaban J connectivity index is 2.64. The van der Waals surface area contributed by atoms with Crippen LogP contribution in [0.2, 0.25) is 0 Å². The second-order valence-electron chi connectivity index (χ2n) is 2.03. The highest BCUT2D eigenvalue weighted by molar-refractivity contribution is 7.09. The van der Waals surface area contributed by atoms with E-state index in [-0.39, 0.29) is 6.04 Å². The van der Waals surface area contributed by atoms with Crippen molar-refractivity contribution >= 4 is 11.3 Å². The lowest BCUT2D eigenvalue weighted by atomic mass is 10.2. The summed E-state index contributed by atoms with van der Waals surface area (Å²) in [6.45, 7) is 2.09. The topological polar surface area (TPSA) is 50.9 Å². The number of nitrogens with one attached hydrogen (secondary N) is 1. The highest BCUT2D eigenvalue weighted by Gasteiger charge is 2.06. The van der Waals surface area contributed by atoms with E-state index in [0.29, 0.717) is 0 Å². The smallest absolute Gasteiger partial charge is 0.0794 e. The fourth-order valence-electron chi connectivity index (χ4n) is 0.799. The van der Waals surface area contributed by atoms with Crippen LogP contribution in [0.5, 0.6) is 0 Å². The minimum absolute atomic E-state index is 0.271. The molecule has 0 saturated heterocycles. The summed E-state index contributed by atoms with van der Waals surface area (Å²) >= 11 is 1.63. The number of thiazole rings is 1. The van der Waals surface area contributed by atoms with Gasteiger partial charge in [-0.25, -0.2) is 0 Å². The van der Waals surface area contributed by atoms with Gasteiger partial charge in [0.15, 0.2) is 0 Å². The third kappa shape index (κ3) is 1.53. The standard InChI is InChI=1S/C6H11N3S/c1-2-5(9-7)6-3-8-4-10-6/h3-5,9H,2,7H2,1H3. The second kappa shape index (κ2) is 3.65. The van der Waals surface area contributed by atoms with Gasteiger partial charge in [-0.1, -0.05) is 6.92 Å². The van der Waals surface area contributed by atoms with Crippen LogP contribution in [-0.4, -0.2) is 4.98 Å². The van der Waals surface area contributed by atoms with Gasteiger partial charge in [0, 0.05) is 11.1 Å². The number of hydrogen-bond donors (Lipinski definition) is 2. The molecule has 1 heterocycles. The average Bonchev–Trinajstić information content (AvgIpc) is 2.43. The minimum Gasteiger partial charge on any atom is -0.271 e. The molecule has 1 unspecified atom stereocenters. The first-order valence-electron chi connectivity index (χ1n) is 3.23. The Morgan fingerprint density at radius 3 is 3.10 bits per heavy atom. The average molecular weight is 157 g/mol. The van der Waals surface area contributed by atoms with Gasteiger partial charge >= 0.3 is 0 Å². The SMILES string of the molecule is CCC(NN)c1cncs1. The van der Waals surface area contributed by atoms with Crippen LogP contribution in [0, 0.1) is 0 Å². The summed E-state index contributed by atoms with van der Waals surface area (Å²) in [6.07, 6.45) is 2.84. The molecule has 1 rings (SSSR count). The fraction of sp³-hybridized carbons (Fsp3) is 0.500. The molecule has 1 aromatic heterocycles. The van der Waals surface area contributed by atoms with Gasteiger partial charge in [-0.05, 0) is 6.42 Å². The van der Waals surface area contributed by atoms with E-state index >= 15 is 0 Å². The predicted molar refractivity (Wildman–Crippen MR) is 42.5 cm³/mol. The molecule has 0 aliphatic carbocycles. The van der Waals surface area contributed by atoms with Crippen LogP contribution in [0.25, 0.3) is 0 Å². The van der Waals surface area contributed by atoms with Crippen LogP contribution in [0.4, 0.5) is 0 Å². The van der Waals surface area contributed by atoms with Crippen molar-refractivity contribution in [2.24, 2.45) is 5.84 Å². The van der Waals surface area contributed by atoms with Crippen LogP contribution in [0.1, 0.15) is 24.3 Å². The van der Waals surface area contributed by atoms with Crippen molar-refractivity contribution in [1.82, 2.24) is 10.4 Å². The van der Waals surface area contributed by atoms with Crippen LogP contribution in [0.15, 0.2) is 11.7 Å². The number of nitrogens with two attached hydrogens (primary N) is 1. The van der Waals surface area contributed by atoms with Gasteiger partial charge in [0.2, 0.25) is 0 Å². The van der Waals surface area contributed by atoms with Gasteiger partial charge in [-0.3, -0.25) is 16.3 Å². The van der Waals surface area contributed by atoms with Gasteiger partial charge < -0.3 is 0 Å². The molecular formula is C6H11N3S. The molecule has 4 heteroatoms. The number of rotatable bonds is 3. The normalized spacial score (nSPS) is 13.4. The van der Waals surface area contributed by atoms with Crippen molar-refractivity contribution in [2.75, 3.05) is 0 Å². The maximum absolute atomic E-state index is 5.30. The highest BCUT2D eigenvalue weighted by Crippen LogP contribution is 2.18. The molecule has 3 N–H and O–H groups in total. The monoisotopic (exact) mass is 157 g/mol. The lowest BCUT2D eigenvalue weighted by Crippen LogP contribution is -2.26. The van der Waals surface area contributed by atoms with Crippen molar-refractivity contribution < 1.29 is 0 Å². The van der Waals surface area contributed by atoms with Crippen molar-refractivity contribution in [1.29, 1.82) is 0 Å². The number of hydrazine groups is 1. The molecule has 3 nitrogen and oxygen atoms in total. The van der Waals surface area contributed by atoms with Gasteiger partial charge in [0.25, 0.3) is 0 Å². The fourth-order valence-corrected chi connectivity index (χ4v) is 1.56. The van der Waals surface area contributed by atoms with Crippen molar-refractivity contribution in [3.8, 4) is 0 Å². The lowest BCUT2D eigenvalue weighted by molar-refractivity contribution is 0.546. The summed E-state index contributed by atoms with van der Waals surface area (Å²) in [5.41, 5.74) is 4.54. The van der Waals surface area contributed by atoms with Crippen molar-refractivity contribution in [3.63, 3.8) is 0 Å². The van der Waals surface area contributed by atoms with Crippen molar-refractivity contribution in [2.45, 2.75) is 19.4 Å². The quantitative estimate of drug-likeness (QED) is 0.509. The molecule has 0 aliphatic rings. The molecule has 0 bridgehead atoms. The summed E-state index contributed by atoms with van der Waals surface area (Å²) in [4.78, 5) is 5.16. The first-order chi connectivity index (χ1) is 4.88. The minimum atomic E-state index is 0.271. The van der Waals surface area contributed by atoms with Crippen LogP contribution in [-0.2, 0) is 0 Å². The molecule has 0 fully saturated rings. The second-order valence-corrected chi connectivity index (χ2v) is 2.95. The molecule has 0 saturated carbocycles. The van der Waals surface area contributed by atoms with E-state index in [9.17, 15) is 0 Å². The number of aromatic nitrogens is 1. The van der Waals surface area contributed by atoms with E-state index in [1.807, 2.05) is 11.7 Å². The highest BCUT2D eigenvalue weighted by atomic mass is 32.1. The summed E-state index contributed by atoms with van der Waals surface area (Å²) in [5.74, 6) is 5.30. The van der Waals surface area contributed by atoms with E-state index in [1.165, 1.54) is 4.88 Å². The first kappa shape index (κ1) is 7.65.